The SMILES string of the molecule is O=C(CNC(=O)c1ccc(N2CCCC2=O)cc1)OCC(=O)N1CCOCC1. The fourth-order valence-electron chi connectivity index (χ4n) is 3.07. The van der Waals surface area contributed by atoms with Gasteiger partial charge in [0.1, 0.15) is 6.54 Å². The van der Waals surface area contributed by atoms with Gasteiger partial charge in [0.05, 0.1) is 13.2 Å². The van der Waals surface area contributed by atoms with Gasteiger partial charge in [-0.1, -0.05) is 0 Å². The Morgan fingerprint density at radius 3 is 2.43 bits per heavy atom. The van der Waals surface area contributed by atoms with E-state index in [9.17, 15) is 19.2 Å². The van der Waals surface area contributed by atoms with Gasteiger partial charge in [-0.3, -0.25) is 19.2 Å². The van der Waals surface area contributed by atoms with Gasteiger partial charge in [0, 0.05) is 37.3 Å². The van der Waals surface area contributed by atoms with Crippen LogP contribution in [0.15, 0.2) is 24.3 Å². The van der Waals surface area contributed by atoms with E-state index in [2.05, 4.69) is 5.32 Å². The monoisotopic (exact) mass is 389 g/mol. The summed E-state index contributed by atoms with van der Waals surface area (Å²) in [6.07, 6.45) is 1.37. The molecule has 28 heavy (non-hydrogen) atoms. The van der Waals surface area contributed by atoms with Crippen LogP contribution in [0.25, 0.3) is 0 Å². The second kappa shape index (κ2) is 9.32. The number of hydrogen-bond donors (Lipinski definition) is 1. The van der Waals surface area contributed by atoms with Crippen molar-refractivity contribution in [1.29, 1.82) is 0 Å². The molecule has 3 amide bonds. The van der Waals surface area contributed by atoms with Crippen molar-refractivity contribution in [3.05, 3.63) is 29.8 Å². The summed E-state index contributed by atoms with van der Waals surface area (Å²) < 4.78 is 10.1. The Bertz CT molecular complexity index is 743. The van der Waals surface area contributed by atoms with Crippen LogP contribution in [-0.4, -0.2) is 74.6 Å². The van der Waals surface area contributed by atoms with Gasteiger partial charge in [0.2, 0.25) is 5.91 Å². The Morgan fingerprint density at radius 2 is 1.79 bits per heavy atom. The van der Waals surface area contributed by atoms with E-state index < -0.39 is 11.9 Å². The molecular formula is C19H23N3O6. The Hall–Kier alpha value is -2.94. The lowest BCUT2D eigenvalue weighted by molar-refractivity contribution is -0.152. The number of ether oxygens (including phenoxy) is 2. The molecule has 2 saturated heterocycles. The maximum Gasteiger partial charge on any atom is 0.325 e. The lowest BCUT2D eigenvalue weighted by Gasteiger charge is -2.26. The van der Waals surface area contributed by atoms with Crippen LogP contribution in [0.2, 0.25) is 0 Å². The first kappa shape index (κ1) is 19.8. The first-order valence-electron chi connectivity index (χ1n) is 9.24. The van der Waals surface area contributed by atoms with E-state index >= 15 is 0 Å². The summed E-state index contributed by atoms with van der Waals surface area (Å²) in [5, 5.41) is 2.46. The van der Waals surface area contributed by atoms with Crippen LogP contribution in [-0.2, 0) is 23.9 Å². The first-order valence-corrected chi connectivity index (χ1v) is 9.24. The fraction of sp³-hybridized carbons (Fsp3) is 0.474. The van der Waals surface area contributed by atoms with Crippen molar-refractivity contribution in [2.45, 2.75) is 12.8 Å². The quantitative estimate of drug-likeness (QED) is 0.684. The molecule has 0 spiro atoms. The summed E-state index contributed by atoms with van der Waals surface area (Å²) >= 11 is 0. The topological polar surface area (TPSA) is 105 Å². The van der Waals surface area contributed by atoms with E-state index in [0.29, 0.717) is 44.8 Å². The standard InChI is InChI=1S/C19H23N3O6/c23-16-2-1-7-22(16)15-5-3-14(4-6-15)19(26)20-12-18(25)28-13-17(24)21-8-10-27-11-9-21/h3-6H,1-2,7-13H2,(H,20,26). The van der Waals surface area contributed by atoms with Crippen molar-refractivity contribution in [1.82, 2.24) is 10.2 Å². The van der Waals surface area contributed by atoms with Gasteiger partial charge in [-0.05, 0) is 30.7 Å². The van der Waals surface area contributed by atoms with E-state index in [1.165, 1.54) is 0 Å². The normalized spacial score (nSPS) is 16.8. The molecule has 3 rings (SSSR count). The molecule has 0 saturated carbocycles. The second-order valence-electron chi connectivity index (χ2n) is 6.53. The van der Waals surface area contributed by atoms with Crippen LogP contribution in [0.1, 0.15) is 23.2 Å². The molecule has 0 radical (unpaired) electrons. The molecule has 0 unspecified atom stereocenters. The maximum atomic E-state index is 12.1. The zero-order chi connectivity index (χ0) is 19.9. The number of carbonyl (C=O) groups excluding carboxylic acids is 4. The summed E-state index contributed by atoms with van der Waals surface area (Å²) in [6, 6.07) is 6.61. The maximum absolute atomic E-state index is 12.1. The molecule has 0 bridgehead atoms. The lowest BCUT2D eigenvalue weighted by atomic mass is 10.2. The van der Waals surface area contributed by atoms with Gasteiger partial charge in [0.25, 0.3) is 11.8 Å². The largest absolute Gasteiger partial charge is 0.454 e. The number of hydrogen-bond acceptors (Lipinski definition) is 6. The third-order valence-electron chi connectivity index (χ3n) is 4.63. The van der Waals surface area contributed by atoms with Gasteiger partial charge in [0.15, 0.2) is 6.61 Å². The molecule has 2 aliphatic rings. The zero-order valence-electron chi connectivity index (χ0n) is 15.5. The number of carbonyl (C=O) groups is 4. The Balaban J connectivity index is 1.41. The molecule has 9 nitrogen and oxygen atoms in total. The van der Waals surface area contributed by atoms with Crippen molar-refractivity contribution in [3.8, 4) is 0 Å². The summed E-state index contributed by atoms with van der Waals surface area (Å²) in [7, 11) is 0. The second-order valence-corrected chi connectivity index (χ2v) is 6.53. The van der Waals surface area contributed by atoms with Gasteiger partial charge in [-0.25, -0.2) is 0 Å². The molecule has 1 N–H and O–H groups in total. The summed E-state index contributed by atoms with van der Waals surface area (Å²) in [5.74, 6) is -1.33. The molecular weight excluding hydrogens is 366 g/mol. The number of nitrogens with one attached hydrogen (secondary N) is 1. The number of rotatable bonds is 6. The summed E-state index contributed by atoms with van der Waals surface area (Å²) in [5.41, 5.74) is 1.12. The highest BCUT2D eigenvalue weighted by Gasteiger charge is 2.22. The van der Waals surface area contributed by atoms with Crippen LogP contribution in [0, 0.1) is 0 Å². The molecule has 9 heteroatoms. The van der Waals surface area contributed by atoms with Gasteiger partial charge >= 0.3 is 5.97 Å². The minimum atomic E-state index is -0.686. The van der Waals surface area contributed by atoms with Crippen molar-refractivity contribution in [3.63, 3.8) is 0 Å². The van der Waals surface area contributed by atoms with Crippen molar-refractivity contribution >= 4 is 29.4 Å². The smallest absolute Gasteiger partial charge is 0.325 e. The molecule has 2 fully saturated rings. The third kappa shape index (κ3) is 5.07. The highest BCUT2D eigenvalue weighted by Crippen LogP contribution is 2.21. The minimum Gasteiger partial charge on any atom is -0.454 e. The Kier molecular flexibility index (Phi) is 6.59. The number of nitrogens with zero attached hydrogens (tertiary/aromatic N) is 2. The Morgan fingerprint density at radius 1 is 1.07 bits per heavy atom. The molecule has 150 valence electrons. The summed E-state index contributed by atoms with van der Waals surface area (Å²) in [6.45, 7) is 1.90. The highest BCUT2D eigenvalue weighted by molar-refractivity contribution is 5.98. The number of amides is 3. The summed E-state index contributed by atoms with van der Waals surface area (Å²) in [4.78, 5) is 50.8. The first-order chi connectivity index (χ1) is 13.5. The predicted octanol–water partition coefficient (Wildman–Crippen LogP) is -0.0548. The number of esters is 1. The fourth-order valence-corrected chi connectivity index (χ4v) is 3.07. The van der Waals surface area contributed by atoms with Crippen LogP contribution in [0.3, 0.4) is 0 Å². The van der Waals surface area contributed by atoms with Gasteiger partial charge in [-0.15, -0.1) is 0 Å². The van der Waals surface area contributed by atoms with Crippen LogP contribution in [0.5, 0.6) is 0 Å². The van der Waals surface area contributed by atoms with Gasteiger partial charge in [-0.2, -0.15) is 0 Å². The molecule has 0 aromatic heterocycles. The zero-order valence-corrected chi connectivity index (χ0v) is 15.5. The Labute approximate surface area is 162 Å². The highest BCUT2D eigenvalue weighted by atomic mass is 16.5. The third-order valence-corrected chi connectivity index (χ3v) is 4.63. The number of morpholine rings is 1. The van der Waals surface area contributed by atoms with Crippen molar-refractivity contribution in [2.75, 3.05) is 50.9 Å². The predicted molar refractivity (Wildman–Crippen MR) is 98.7 cm³/mol. The molecule has 0 atom stereocenters. The average molecular weight is 389 g/mol. The number of benzene rings is 1. The molecule has 2 heterocycles. The van der Waals surface area contributed by atoms with Gasteiger partial charge < -0.3 is 24.6 Å². The van der Waals surface area contributed by atoms with E-state index in [1.807, 2.05) is 0 Å². The molecule has 1 aromatic carbocycles. The van der Waals surface area contributed by atoms with Crippen LogP contribution >= 0.6 is 0 Å². The van der Waals surface area contributed by atoms with E-state index in [-0.39, 0.29) is 25.0 Å². The lowest BCUT2D eigenvalue weighted by Crippen LogP contribution is -2.43. The van der Waals surface area contributed by atoms with Crippen molar-refractivity contribution in [2.24, 2.45) is 0 Å². The van der Waals surface area contributed by atoms with Crippen molar-refractivity contribution < 1.29 is 28.7 Å². The number of anilines is 1. The van der Waals surface area contributed by atoms with E-state index in [1.54, 1.807) is 34.1 Å². The molecule has 1 aromatic rings. The van der Waals surface area contributed by atoms with Crippen LogP contribution < -0.4 is 10.2 Å². The average Bonchev–Trinajstić information content (AvgIpc) is 3.16. The van der Waals surface area contributed by atoms with Crippen LogP contribution in [0.4, 0.5) is 5.69 Å². The van der Waals surface area contributed by atoms with E-state index in [0.717, 1.165) is 12.1 Å². The minimum absolute atomic E-state index is 0.0755. The molecule has 0 aliphatic carbocycles. The molecule has 2 aliphatic heterocycles. The van der Waals surface area contributed by atoms with E-state index in [4.69, 9.17) is 9.47 Å².